The third-order valence-corrected chi connectivity index (χ3v) is 6.40. The lowest BCUT2D eigenvalue weighted by molar-refractivity contribution is -0.121. The fraction of sp³-hybridized carbons (Fsp3) is 0.217. The lowest BCUT2D eigenvalue weighted by Gasteiger charge is -2.12. The summed E-state index contributed by atoms with van der Waals surface area (Å²) < 4.78 is 13.2. The predicted molar refractivity (Wildman–Crippen MR) is 131 cm³/mol. The molecule has 0 saturated carbocycles. The van der Waals surface area contributed by atoms with Crippen LogP contribution in [0.3, 0.4) is 0 Å². The molecule has 1 amide bonds. The number of thioether (sulfide) groups is 1. The fourth-order valence-corrected chi connectivity index (χ4v) is 4.45. The maximum absolute atomic E-state index is 12.6. The van der Waals surface area contributed by atoms with Gasteiger partial charge in [0, 0.05) is 16.6 Å². The molecule has 0 aliphatic carbocycles. The smallest absolute Gasteiger partial charge is 0.266 e. The highest BCUT2D eigenvalue weighted by molar-refractivity contribution is 9.10. The Morgan fingerprint density at radius 2 is 1.90 bits per heavy atom. The van der Waals surface area contributed by atoms with Crippen LogP contribution in [0.5, 0.6) is 11.5 Å². The summed E-state index contributed by atoms with van der Waals surface area (Å²) in [6, 6.07) is 11.7. The normalized spacial score (nSPS) is 15.0. The van der Waals surface area contributed by atoms with Gasteiger partial charge in [-0.05, 0) is 61.4 Å². The number of carbonyl (C=O) groups is 1. The van der Waals surface area contributed by atoms with Crippen LogP contribution in [0, 0.1) is 13.8 Å². The first-order valence-corrected chi connectivity index (χ1v) is 11.4. The molecule has 1 heterocycles. The van der Waals surface area contributed by atoms with Crippen LogP contribution in [0.4, 0.5) is 0 Å². The largest absolute Gasteiger partial charge is 0.490 e. The molecule has 0 bridgehead atoms. The minimum atomic E-state index is -0.117. The molecule has 3 rings (SSSR count). The van der Waals surface area contributed by atoms with E-state index < -0.39 is 0 Å². The number of rotatable bonds is 8. The SMILES string of the molecule is C=CCN1C(=O)C(=Cc2cc(Br)ccc2OCCOc2ccc(C)c(C)c2)SC1=S. The summed E-state index contributed by atoms with van der Waals surface area (Å²) in [5, 5.41) is 0. The van der Waals surface area contributed by atoms with Crippen LogP contribution < -0.4 is 9.47 Å². The summed E-state index contributed by atoms with van der Waals surface area (Å²) in [5.41, 5.74) is 3.23. The van der Waals surface area contributed by atoms with Gasteiger partial charge < -0.3 is 9.47 Å². The van der Waals surface area contributed by atoms with Gasteiger partial charge in [0.15, 0.2) is 0 Å². The summed E-state index contributed by atoms with van der Waals surface area (Å²) in [6.07, 6.45) is 3.48. The van der Waals surface area contributed by atoms with Gasteiger partial charge in [0.2, 0.25) is 0 Å². The molecule has 0 aromatic heterocycles. The van der Waals surface area contributed by atoms with Gasteiger partial charge >= 0.3 is 0 Å². The highest BCUT2D eigenvalue weighted by atomic mass is 79.9. The number of halogens is 1. The minimum absolute atomic E-state index is 0.117. The van der Waals surface area contributed by atoms with Gasteiger partial charge in [-0.15, -0.1) is 6.58 Å². The number of carbonyl (C=O) groups excluding carboxylic acids is 1. The molecule has 2 aromatic carbocycles. The van der Waals surface area contributed by atoms with Gasteiger partial charge in [-0.2, -0.15) is 0 Å². The number of ether oxygens (including phenoxy) is 2. The number of hydrogen-bond acceptors (Lipinski definition) is 5. The molecule has 7 heteroatoms. The van der Waals surface area contributed by atoms with Crippen LogP contribution >= 0.6 is 39.9 Å². The van der Waals surface area contributed by atoms with E-state index in [9.17, 15) is 4.79 Å². The van der Waals surface area contributed by atoms with Crippen LogP contribution in [0.2, 0.25) is 0 Å². The number of benzene rings is 2. The Morgan fingerprint density at radius 1 is 1.13 bits per heavy atom. The molecule has 4 nitrogen and oxygen atoms in total. The average molecular weight is 504 g/mol. The Kier molecular flexibility index (Phi) is 7.75. The number of aryl methyl sites for hydroxylation is 2. The topological polar surface area (TPSA) is 38.8 Å². The van der Waals surface area contributed by atoms with E-state index in [1.807, 2.05) is 42.5 Å². The third kappa shape index (κ3) is 5.53. The molecule has 0 N–H and O–H groups in total. The van der Waals surface area contributed by atoms with E-state index in [-0.39, 0.29) is 5.91 Å². The van der Waals surface area contributed by atoms with E-state index >= 15 is 0 Å². The molecule has 30 heavy (non-hydrogen) atoms. The number of amides is 1. The van der Waals surface area contributed by atoms with Gasteiger partial charge in [-0.1, -0.05) is 52.1 Å². The van der Waals surface area contributed by atoms with Crippen molar-refractivity contribution in [1.29, 1.82) is 0 Å². The van der Waals surface area contributed by atoms with Crippen molar-refractivity contribution in [2.75, 3.05) is 19.8 Å². The zero-order valence-electron chi connectivity index (χ0n) is 16.8. The summed E-state index contributed by atoms with van der Waals surface area (Å²) in [7, 11) is 0. The van der Waals surface area contributed by atoms with Crippen molar-refractivity contribution < 1.29 is 14.3 Å². The van der Waals surface area contributed by atoms with Gasteiger partial charge in [-0.25, -0.2) is 0 Å². The zero-order valence-corrected chi connectivity index (χ0v) is 20.0. The van der Waals surface area contributed by atoms with E-state index in [0.29, 0.717) is 34.7 Å². The molecule has 1 aliphatic rings. The van der Waals surface area contributed by atoms with E-state index in [1.165, 1.54) is 27.8 Å². The average Bonchev–Trinajstić information content (AvgIpc) is 2.97. The molecule has 0 unspecified atom stereocenters. The van der Waals surface area contributed by atoms with Crippen molar-refractivity contribution in [2.24, 2.45) is 0 Å². The molecule has 0 atom stereocenters. The van der Waals surface area contributed by atoms with Crippen LogP contribution in [0.15, 0.2) is 58.4 Å². The quantitative estimate of drug-likeness (QED) is 0.193. The van der Waals surface area contributed by atoms with Crippen molar-refractivity contribution in [3.05, 3.63) is 75.1 Å². The molecule has 1 saturated heterocycles. The molecular formula is C23H22BrNO3S2. The third-order valence-electron chi connectivity index (χ3n) is 4.53. The Morgan fingerprint density at radius 3 is 2.63 bits per heavy atom. The molecule has 1 aliphatic heterocycles. The summed E-state index contributed by atoms with van der Waals surface area (Å²) in [5.74, 6) is 1.38. The predicted octanol–water partition coefficient (Wildman–Crippen LogP) is 5.91. The number of thiocarbonyl (C=S) groups is 1. The van der Waals surface area contributed by atoms with Crippen molar-refractivity contribution in [3.63, 3.8) is 0 Å². The van der Waals surface area contributed by atoms with Crippen molar-refractivity contribution in [3.8, 4) is 11.5 Å². The summed E-state index contributed by atoms with van der Waals surface area (Å²) in [4.78, 5) is 14.7. The van der Waals surface area contributed by atoms with E-state index in [0.717, 1.165) is 15.8 Å². The molecule has 1 fully saturated rings. The second kappa shape index (κ2) is 10.3. The van der Waals surface area contributed by atoms with Gasteiger partial charge in [0.1, 0.15) is 29.0 Å². The van der Waals surface area contributed by atoms with Crippen LogP contribution in [-0.4, -0.2) is 34.9 Å². The number of hydrogen-bond donors (Lipinski definition) is 0. The zero-order chi connectivity index (χ0) is 21.7. The van der Waals surface area contributed by atoms with Crippen LogP contribution in [-0.2, 0) is 4.79 Å². The second-order valence-corrected chi connectivity index (χ2v) is 9.30. The van der Waals surface area contributed by atoms with Gasteiger partial charge in [0.05, 0.1) is 4.91 Å². The Hall–Kier alpha value is -2.09. The molecular weight excluding hydrogens is 482 g/mol. The number of nitrogens with zero attached hydrogens (tertiary/aromatic N) is 1. The van der Waals surface area contributed by atoms with Crippen molar-refractivity contribution in [2.45, 2.75) is 13.8 Å². The van der Waals surface area contributed by atoms with E-state index in [4.69, 9.17) is 21.7 Å². The minimum Gasteiger partial charge on any atom is -0.490 e. The highest BCUT2D eigenvalue weighted by Crippen LogP contribution is 2.35. The van der Waals surface area contributed by atoms with Crippen molar-refractivity contribution >= 4 is 56.2 Å². The Balaban J connectivity index is 1.68. The maximum Gasteiger partial charge on any atom is 0.266 e. The van der Waals surface area contributed by atoms with Gasteiger partial charge in [0.25, 0.3) is 5.91 Å². The first-order valence-electron chi connectivity index (χ1n) is 9.37. The Bertz CT molecular complexity index is 1020. The summed E-state index contributed by atoms with van der Waals surface area (Å²) >= 11 is 10.1. The molecule has 156 valence electrons. The lowest BCUT2D eigenvalue weighted by atomic mass is 10.1. The monoisotopic (exact) mass is 503 g/mol. The standard InChI is InChI=1S/C23H22BrNO3S2/c1-4-9-25-22(26)21(30-23(25)29)14-17-13-18(24)6-8-20(17)28-11-10-27-19-7-5-15(2)16(3)12-19/h4-8,12-14H,1,9-11H2,2-3H3. The Labute approximate surface area is 195 Å². The van der Waals surface area contributed by atoms with Crippen LogP contribution in [0.25, 0.3) is 6.08 Å². The second-order valence-electron chi connectivity index (χ2n) is 6.71. The summed E-state index contributed by atoms with van der Waals surface area (Å²) in [6.45, 7) is 9.01. The van der Waals surface area contributed by atoms with Crippen LogP contribution in [0.1, 0.15) is 16.7 Å². The first kappa shape index (κ1) is 22.6. The molecule has 2 aromatic rings. The molecule has 0 radical (unpaired) electrons. The highest BCUT2D eigenvalue weighted by Gasteiger charge is 2.31. The van der Waals surface area contributed by atoms with Crippen molar-refractivity contribution in [1.82, 2.24) is 4.90 Å². The van der Waals surface area contributed by atoms with E-state index in [1.54, 1.807) is 6.08 Å². The first-order chi connectivity index (χ1) is 14.4. The van der Waals surface area contributed by atoms with Gasteiger partial charge in [-0.3, -0.25) is 9.69 Å². The van der Waals surface area contributed by atoms with E-state index in [2.05, 4.69) is 36.4 Å². The lowest BCUT2D eigenvalue weighted by Crippen LogP contribution is -2.27. The fourth-order valence-electron chi connectivity index (χ4n) is 2.81. The maximum atomic E-state index is 12.6. The molecule has 0 spiro atoms.